The number of aryl methyl sites for hydroxylation is 1. The van der Waals surface area contributed by atoms with Crippen molar-refractivity contribution in [1.29, 1.82) is 5.26 Å². The number of nitrogens with zero attached hydrogens (tertiary/aromatic N) is 6. The summed E-state index contributed by atoms with van der Waals surface area (Å²) in [6.07, 6.45) is 2.82. The van der Waals surface area contributed by atoms with Crippen LogP contribution in [-0.2, 0) is 13.6 Å². The van der Waals surface area contributed by atoms with E-state index in [4.69, 9.17) is 5.73 Å². The standard InChI is InChI=1S/C28H24FN9O/c1-16(19-7-9-21(29)10-8-19)36-28(39)22-11-18(12-30)14-33-26(22)32-13-17-3-5-20(6-4-17)24-23-25(31)34-15-35-27(23)38(2)37-24/h3-11,14-16H,13H2,1-2H3,(H,32,33)(H,36,39)(H2,31,34,35). The summed E-state index contributed by atoms with van der Waals surface area (Å²) in [5.74, 6) is -0.0619. The third kappa shape index (κ3) is 5.21. The van der Waals surface area contributed by atoms with Gasteiger partial charge in [-0.1, -0.05) is 36.4 Å². The van der Waals surface area contributed by atoms with E-state index in [-0.39, 0.29) is 23.0 Å². The molecule has 0 fully saturated rings. The van der Waals surface area contributed by atoms with E-state index in [1.165, 1.54) is 30.7 Å². The monoisotopic (exact) mass is 521 g/mol. The first-order valence-corrected chi connectivity index (χ1v) is 12.1. The SMILES string of the molecule is CC(NC(=O)c1cc(C#N)cnc1NCc1ccc(-c2nn(C)c3ncnc(N)c23)cc1)c1ccc(F)cc1. The van der Waals surface area contributed by atoms with Gasteiger partial charge in [-0.15, -0.1) is 0 Å². The van der Waals surface area contributed by atoms with Crippen molar-refractivity contribution in [3.8, 4) is 17.3 Å². The lowest BCUT2D eigenvalue weighted by atomic mass is 10.1. The van der Waals surface area contributed by atoms with Crippen LogP contribution in [-0.4, -0.2) is 30.6 Å². The summed E-state index contributed by atoms with van der Waals surface area (Å²) in [5.41, 5.74) is 10.5. The summed E-state index contributed by atoms with van der Waals surface area (Å²) in [7, 11) is 1.80. The number of amides is 1. The van der Waals surface area contributed by atoms with E-state index < -0.39 is 5.91 Å². The number of pyridine rings is 1. The highest BCUT2D eigenvalue weighted by molar-refractivity contribution is 5.99. The highest BCUT2D eigenvalue weighted by atomic mass is 19.1. The Morgan fingerprint density at radius 3 is 2.59 bits per heavy atom. The molecule has 194 valence electrons. The lowest BCUT2D eigenvalue weighted by Crippen LogP contribution is -2.28. The zero-order valence-electron chi connectivity index (χ0n) is 21.2. The molecule has 3 aromatic heterocycles. The Morgan fingerprint density at radius 2 is 1.87 bits per heavy atom. The second kappa shape index (κ2) is 10.5. The highest BCUT2D eigenvalue weighted by Crippen LogP contribution is 2.29. The van der Waals surface area contributed by atoms with Crippen molar-refractivity contribution >= 4 is 28.6 Å². The van der Waals surface area contributed by atoms with Gasteiger partial charge in [-0.25, -0.2) is 24.0 Å². The Bertz CT molecular complexity index is 1710. The first-order chi connectivity index (χ1) is 18.8. The molecule has 3 heterocycles. The van der Waals surface area contributed by atoms with Crippen molar-refractivity contribution in [3.05, 3.63) is 95.2 Å². The first kappa shape index (κ1) is 25.3. The average Bonchev–Trinajstić information content (AvgIpc) is 3.29. The maximum absolute atomic E-state index is 13.3. The lowest BCUT2D eigenvalue weighted by Gasteiger charge is -2.16. The fourth-order valence-corrected chi connectivity index (χ4v) is 4.23. The minimum atomic E-state index is -0.406. The van der Waals surface area contributed by atoms with Crippen molar-refractivity contribution in [2.24, 2.45) is 7.05 Å². The van der Waals surface area contributed by atoms with Gasteiger partial charge in [0.1, 0.15) is 35.5 Å². The van der Waals surface area contributed by atoms with Crippen molar-refractivity contribution in [2.75, 3.05) is 11.1 Å². The van der Waals surface area contributed by atoms with Crippen LogP contribution in [0.5, 0.6) is 0 Å². The number of hydrogen-bond donors (Lipinski definition) is 3. The number of fused-ring (bicyclic) bond motifs is 1. The summed E-state index contributed by atoms with van der Waals surface area (Å²) in [4.78, 5) is 25.8. The molecule has 0 saturated heterocycles. The number of carbonyl (C=O) groups excluding carboxylic acids is 1. The minimum absolute atomic E-state index is 0.232. The molecule has 0 bridgehead atoms. The Hall–Kier alpha value is -5.37. The van der Waals surface area contributed by atoms with Gasteiger partial charge < -0.3 is 16.4 Å². The number of nitrogens with one attached hydrogen (secondary N) is 2. The summed E-state index contributed by atoms with van der Waals surface area (Å²) in [5, 5.41) is 20.7. The molecule has 0 spiro atoms. The number of hydrogen-bond acceptors (Lipinski definition) is 8. The molecule has 0 saturated carbocycles. The summed E-state index contributed by atoms with van der Waals surface area (Å²) in [6.45, 7) is 2.17. The van der Waals surface area contributed by atoms with Crippen LogP contribution in [0.15, 0.2) is 67.1 Å². The molecular formula is C28H24FN9O. The van der Waals surface area contributed by atoms with Crippen molar-refractivity contribution in [2.45, 2.75) is 19.5 Å². The average molecular weight is 522 g/mol. The molecule has 11 heteroatoms. The molecule has 0 aliphatic carbocycles. The van der Waals surface area contributed by atoms with E-state index in [0.717, 1.165) is 16.7 Å². The van der Waals surface area contributed by atoms with Gasteiger partial charge in [0, 0.05) is 25.4 Å². The van der Waals surface area contributed by atoms with Gasteiger partial charge >= 0.3 is 0 Å². The van der Waals surface area contributed by atoms with Gasteiger partial charge in [-0.2, -0.15) is 10.4 Å². The van der Waals surface area contributed by atoms with Gasteiger partial charge in [0.25, 0.3) is 5.91 Å². The van der Waals surface area contributed by atoms with Crippen LogP contribution in [0.25, 0.3) is 22.3 Å². The summed E-state index contributed by atoms with van der Waals surface area (Å²) in [6, 6.07) is 16.8. The molecule has 2 aromatic carbocycles. The van der Waals surface area contributed by atoms with Crippen LogP contribution in [0.4, 0.5) is 16.0 Å². The molecule has 1 atom stereocenters. The van der Waals surface area contributed by atoms with Gasteiger partial charge in [0.15, 0.2) is 5.65 Å². The number of nitrogens with two attached hydrogens (primary N) is 1. The second-order valence-electron chi connectivity index (χ2n) is 8.96. The predicted molar refractivity (Wildman–Crippen MR) is 145 cm³/mol. The predicted octanol–water partition coefficient (Wildman–Crippen LogP) is 4.12. The fraction of sp³-hybridized carbons (Fsp3) is 0.143. The zero-order chi connectivity index (χ0) is 27.5. The smallest absolute Gasteiger partial charge is 0.255 e. The van der Waals surface area contributed by atoms with E-state index >= 15 is 0 Å². The molecule has 0 radical (unpaired) electrons. The van der Waals surface area contributed by atoms with Crippen LogP contribution in [0.3, 0.4) is 0 Å². The Labute approximate surface area is 223 Å². The summed E-state index contributed by atoms with van der Waals surface area (Å²) >= 11 is 0. The Kier molecular flexibility index (Phi) is 6.84. The fourth-order valence-electron chi connectivity index (χ4n) is 4.23. The molecule has 5 rings (SSSR count). The van der Waals surface area contributed by atoms with E-state index in [1.54, 1.807) is 30.8 Å². The topological polar surface area (TPSA) is 147 Å². The van der Waals surface area contributed by atoms with Gasteiger partial charge in [-0.05, 0) is 36.2 Å². The molecule has 0 aliphatic rings. The number of anilines is 2. The lowest BCUT2D eigenvalue weighted by molar-refractivity contribution is 0.0940. The van der Waals surface area contributed by atoms with Crippen LogP contribution >= 0.6 is 0 Å². The Balaban J connectivity index is 1.33. The first-order valence-electron chi connectivity index (χ1n) is 12.1. The second-order valence-corrected chi connectivity index (χ2v) is 8.96. The van der Waals surface area contributed by atoms with Gasteiger partial charge in [0.05, 0.1) is 22.6 Å². The van der Waals surface area contributed by atoms with Gasteiger partial charge in [0.2, 0.25) is 0 Å². The zero-order valence-corrected chi connectivity index (χ0v) is 21.2. The number of rotatable bonds is 7. The third-order valence-electron chi connectivity index (χ3n) is 6.32. The number of nitriles is 1. The molecular weight excluding hydrogens is 497 g/mol. The molecule has 1 amide bonds. The van der Waals surface area contributed by atoms with Crippen LogP contribution in [0, 0.1) is 17.1 Å². The number of nitrogen functional groups attached to an aromatic ring is 1. The van der Waals surface area contributed by atoms with Crippen molar-refractivity contribution < 1.29 is 9.18 Å². The third-order valence-corrected chi connectivity index (χ3v) is 6.32. The van der Waals surface area contributed by atoms with Crippen molar-refractivity contribution in [1.82, 2.24) is 30.0 Å². The van der Waals surface area contributed by atoms with Crippen molar-refractivity contribution in [3.63, 3.8) is 0 Å². The highest BCUT2D eigenvalue weighted by Gasteiger charge is 2.18. The molecule has 0 aliphatic heterocycles. The van der Waals surface area contributed by atoms with E-state index in [9.17, 15) is 14.4 Å². The molecule has 10 nitrogen and oxygen atoms in total. The number of aromatic nitrogens is 5. The van der Waals surface area contributed by atoms with Gasteiger partial charge in [-0.3, -0.25) is 4.79 Å². The summed E-state index contributed by atoms with van der Waals surface area (Å²) < 4.78 is 14.9. The quantitative estimate of drug-likeness (QED) is 0.290. The largest absolute Gasteiger partial charge is 0.383 e. The van der Waals surface area contributed by atoms with E-state index in [1.807, 2.05) is 30.3 Å². The van der Waals surface area contributed by atoms with E-state index in [0.29, 0.717) is 34.9 Å². The normalized spacial score (nSPS) is 11.6. The van der Waals surface area contributed by atoms with E-state index in [2.05, 4.69) is 30.7 Å². The van der Waals surface area contributed by atoms with Crippen LogP contribution in [0.1, 0.15) is 40.0 Å². The van der Waals surface area contributed by atoms with Crippen LogP contribution < -0.4 is 16.4 Å². The molecule has 39 heavy (non-hydrogen) atoms. The number of benzene rings is 2. The number of halogens is 1. The Morgan fingerprint density at radius 1 is 1.13 bits per heavy atom. The molecule has 1 unspecified atom stereocenters. The minimum Gasteiger partial charge on any atom is -0.383 e. The maximum Gasteiger partial charge on any atom is 0.255 e. The maximum atomic E-state index is 13.3. The van der Waals surface area contributed by atoms with Crippen LogP contribution in [0.2, 0.25) is 0 Å². The molecule has 4 N–H and O–H groups in total. The molecule has 5 aromatic rings. The number of carbonyl (C=O) groups is 1.